The number of piperidine rings is 1. The lowest BCUT2D eigenvalue weighted by Crippen LogP contribution is -2.53. The summed E-state index contributed by atoms with van der Waals surface area (Å²) >= 11 is 0. The van der Waals surface area contributed by atoms with Crippen molar-refractivity contribution in [3.8, 4) is 0 Å². The van der Waals surface area contributed by atoms with Gasteiger partial charge in [-0.3, -0.25) is 14.4 Å². The fraction of sp³-hybridized carbons (Fsp3) is 0.571. The Balaban J connectivity index is 1.99. The van der Waals surface area contributed by atoms with Crippen molar-refractivity contribution in [2.75, 3.05) is 19.7 Å². The van der Waals surface area contributed by atoms with Crippen LogP contribution in [0, 0.1) is 18.8 Å². The molecule has 1 aromatic carbocycles. The topological polar surface area (TPSA) is 75.7 Å². The van der Waals surface area contributed by atoms with E-state index in [0.717, 1.165) is 5.56 Å². The molecule has 2 amide bonds. The van der Waals surface area contributed by atoms with Gasteiger partial charge in [0.15, 0.2) is 0 Å². The van der Waals surface area contributed by atoms with Crippen LogP contribution in [0.2, 0.25) is 0 Å². The van der Waals surface area contributed by atoms with Crippen molar-refractivity contribution in [1.82, 2.24) is 10.2 Å². The second-order valence-electron chi connectivity index (χ2n) is 7.42. The van der Waals surface area contributed by atoms with Gasteiger partial charge in [-0.15, -0.1) is 0 Å². The third-order valence-corrected chi connectivity index (χ3v) is 4.93. The van der Waals surface area contributed by atoms with Crippen LogP contribution in [0.4, 0.5) is 0 Å². The van der Waals surface area contributed by atoms with Gasteiger partial charge in [-0.25, -0.2) is 0 Å². The maximum Gasteiger partial charge on any atom is 0.309 e. The summed E-state index contributed by atoms with van der Waals surface area (Å²) in [5.41, 5.74) is 1.55. The van der Waals surface area contributed by atoms with Gasteiger partial charge in [-0.05, 0) is 44.7 Å². The Morgan fingerprint density at radius 3 is 2.44 bits per heavy atom. The van der Waals surface area contributed by atoms with Gasteiger partial charge in [0.1, 0.15) is 6.04 Å². The SMILES string of the molecule is CCOC(=O)C1CCN(C(=O)C(NC(=O)c2cccc(C)c2)C(C)C)CC1. The van der Waals surface area contributed by atoms with E-state index in [1.54, 1.807) is 17.9 Å². The molecule has 2 rings (SSSR count). The number of aryl methyl sites for hydroxylation is 1. The third kappa shape index (κ3) is 5.55. The molecule has 1 atom stereocenters. The minimum atomic E-state index is -0.586. The minimum Gasteiger partial charge on any atom is -0.466 e. The van der Waals surface area contributed by atoms with E-state index in [9.17, 15) is 14.4 Å². The number of amides is 2. The van der Waals surface area contributed by atoms with Crippen LogP contribution in [0.15, 0.2) is 24.3 Å². The van der Waals surface area contributed by atoms with Crippen molar-refractivity contribution in [1.29, 1.82) is 0 Å². The van der Waals surface area contributed by atoms with Crippen molar-refractivity contribution in [2.24, 2.45) is 11.8 Å². The highest BCUT2D eigenvalue weighted by molar-refractivity contribution is 5.97. The molecule has 0 aliphatic carbocycles. The second kappa shape index (κ2) is 9.53. The molecule has 27 heavy (non-hydrogen) atoms. The molecule has 1 saturated heterocycles. The standard InChI is InChI=1S/C21H30N2O4/c1-5-27-21(26)16-9-11-23(12-10-16)20(25)18(14(2)3)22-19(24)17-8-6-7-15(4)13-17/h6-8,13-14,16,18H,5,9-12H2,1-4H3,(H,22,24). The van der Waals surface area contributed by atoms with E-state index >= 15 is 0 Å². The number of hydrogen-bond acceptors (Lipinski definition) is 4. The number of ether oxygens (including phenoxy) is 1. The summed E-state index contributed by atoms with van der Waals surface area (Å²) in [5, 5.41) is 2.89. The van der Waals surface area contributed by atoms with E-state index < -0.39 is 6.04 Å². The smallest absolute Gasteiger partial charge is 0.309 e. The van der Waals surface area contributed by atoms with Gasteiger partial charge in [0.2, 0.25) is 5.91 Å². The predicted octanol–water partition coefficient (Wildman–Crippen LogP) is 2.55. The van der Waals surface area contributed by atoms with Crippen molar-refractivity contribution in [3.63, 3.8) is 0 Å². The summed E-state index contributed by atoms with van der Waals surface area (Å²) in [6, 6.07) is 6.72. The number of hydrogen-bond donors (Lipinski definition) is 1. The largest absolute Gasteiger partial charge is 0.466 e. The number of benzene rings is 1. The first kappa shape index (κ1) is 20.9. The van der Waals surface area contributed by atoms with Gasteiger partial charge >= 0.3 is 5.97 Å². The molecule has 0 bridgehead atoms. The monoisotopic (exact) mass is 374 g/mol. The van der Waals surface area contributed by atoms with E-state index in [1.165, 1.54) is 0 Å². The van der Waals surface area contributed by atoms with Gasteiger partial charge < -0.3 is 15.0 Å². The molecule has 0 aromatic heterocycles. The highest BCUT2D eigenvalue weighted by atomic mass is 16.5. The second-order valence-corrected chi connectivity index (χ2v) is 7.42. The van der Waals surface area contributed by atoms with E-state index in [1.807, 2.05) is 39.0 Å². The fourth-order valence-electron chi connectivity index (χ4n) is 3.32. The highest BCUT2D eigenvalue weighted by Crippen LogP contribution is 2.20. The molecule has 1 N–H and O–H groups in total. The van der Waals surface area contributed by atoms with Crippen LogP contribution >= 0.6 is 0 Å². The number of likely N-dealkylation sites (tertiary alicyclic amines) is 1. The first-order valence-electron chi connectivity index (χ1n) is 9.66. The average molecular weight is 374 g/mol. The van der Waals surface area contributed by atoms with Crippen molar-refractivity contribution in [3.05, 3.63) is 35.4 Å². The zero-order valence-corrected chi connectivity index (χ0v) is 16.7. The Hall–Kier alpha value is -2.37. The molecular weight excluding hydrogens is 344 g/mol. The summed E-state index contributed by atoms with van der Waals surface area (Å²) in [6.45, 7) is 8.95. The molecular formula is C21H30N2O4. The molecule has 0 spiro atoms. The summed E-state index contributed by atoms with van der Waals surface area (Å²) in [5.74, 6) is -0.694. The number of carbonyl (C=O) groups excluding carboxylic acids is 3. The van der Waals surface area contributed by atoms with Gasteiger partial charge in [0, 0.05) is 18.7 Å². The maximum atomic E-state index is 13.0. The van der Waals surface area contributed by atoms with Crippen LogP contribution in [0.1, 0.15) is 49.5 Å². The van der Waals surface area contributed by atoms with Crippen LogP contribution in [0.25, 0.3) is 0 Å². The Morgan fingerprint density at radius 2 is 1.89 bits per heavy atom. The van der Waals surface area contributed by atoms with Crippen LogP contribution in [0.3, 0.4) is 0 Å². The third-order valence-electron chi connectivity index (χ3n) is 4.93. The first-order chi connectivity index (χ1) is 12.8. The Kier molecular flexibility index (Phi) is 7.39. The first-order valence-corrected chi connectivity index (χ1v) is 9.66. The van der Waals surface area contributed by atoms with Crippen LogP contribution < -0.4 is 5.32 Å². The van der Waals surface area contributed by atoms with Crippen molar-refractivity contribution < 1.29 is 19.1 Å². The molecule has 1 aromatic rings. The molecule has 1 aliphatic rings. The number of nitrogens with one attached hydrogen (secondary N) is 1. The number of carbonyl (C=O) groups is 3. The molecule has 6 heteroatoms. The summed E-state index contributed by atoms with van der Waals surface area (Å²) in [6.07, 6.45) is 1.20. The summed E-state index contributed by atoms with van der Waals surface area (Å²) in [4.78, 5) is 39.2. The zero-order valence-electron chi connectivity index (χ0n) is 16.7. The zero-order chi connectivity index (χ0) is 20.0. The van der Waals surface area contributed by atoms with Crippen LogP contribution in [0.5, 0.6) is 0 Å². The van der Waals surface area contributed by atoms with Crippen LogP contribution in [-0.2, 0) is 14.3 Å². The number of rotatable bonds is 6. The highest BCUT2D eigenvalue weighted by Gasteiger charge is 2.33. The number of nitrogens with zero attached hydrogens (tertiary/aromatic N) is 1. The van der Waals surface area contributed by atoms with E-state index in [0.29, 0.717) is 38.1 Å². The predicted molar refractivity (Wildman–Crippen MR) is 103 cm³/mol. The molecule has 1 aliphatic heterocycles. The lowest BCUT2D eigenvalue weighted by Gasteiger charge is -2.34. The minimum absolute atomic E-state index is 0.0333. The molecule has 6 nitrogen and oxygen atoms in total. The van der Waals surface area contributed by atoms with Crippen molar-refractivity contribution >= 4 is 17.8 Å². The lowest BCUT2D eigenvalue weighted by atomic mass is 9.95. The summed E-state index contributed by atoms with van der Waals surface area (Å²) < 4.78 is 5.07. The molecule has 1 fully saturated rings. The number of esters is 1. The van der Waals surface area contributed by atoms with E-state index in [2.05, 4.69) is 5.32 Å². The van der Waals surface area contributed by atoms with Crippen LogP contribution in [-0.4, -0.2) is 48.4 Å². The maximum absolute atomic E-state index is 13.0. The van der Waals surface area contributed by atoms with Gasteiger partial charge in [-0.1, -0.05) is 31.5 Å². The molecule has 1 heterocycles. The Morgan fingerprint density at radius 1 is 1.22 bits per heavy atom. The molecule has 0 radical (unpaired) electrons. The Bertz CT molecular complexity index is 679. The Labute approximate surface area is 161 Å². The average Bonchev–Trinajstić information content (AvgIpc) is 2.65. The normalized spacial score (nSPS) is 16.1. The molecule has 148 valence electrons. The fourth-order valence-corrected chi connectivity index (χ4v) is 3.32. The van der Waals surface area contributed by atoms with Gasteiger partial charge in [-0.2, -0.15) is 0 Å². The molecule has 1 unspecified atom stereocenters. The molecule has 0 saturated carbocycles. The quantitative estimate of drug-likeness (QED) is 0.777. The van der Waals surface area contributed by atoms with Gasteiger partial charge in [0.05, 0.1) is 12.5 Å². The van der Waals surface area contributed by atoms with E-state index in [4.69, 9.17) is 4.74 Å². The van der Waals surface area contributed by atoms with Crippen molar-refractivity contribution in [2.45, 2.75) is 46.6 Å². The van der Waals surface area contributed by atoms with Gasteiger partial charge in [0.25, 0.3) is 5.91 Å². The van der Waals surface area contributed by atoms with E-state index in [-0.39, 0.29) is 29.6 Å². The lowest BCUT2D eigenvalue weighted by molar-refractivity contribution is -0.151. The summed E-state index contributed by atoms with van der Waals surface area (Å²) in [7, 11) is 0.